The maximum atomic E-state index is 13.0. The van der Waals surface area contributed by atoms with Gasteiger partial charge in [-0.05, 0) is 37.2 Å². The van der Waals surface area contributed by atoms with Crippen molar-refractivity contribution in [1.82, 2.24) is 4.57 Å². The van der Waals surface area contributed by atoms with E-state index in [2.05, 4.69) is 49.4 Å². The fraction of sp³-hybridized carbons (Fsp3) is 0.500. The van der Waals surface area contributed by atoms with E-state index in [0.717, 1.165) is 54.6 Å². The van der Waals surface area contributed by atoms with Crippen LogP contribution in [0.3, 0.4) is 0 Å². The van der Waals surface area contributed by atoms with Crippen LogP contribution in [0.25, 0.3) is 10.9 Å². The van der Waals surface area contributed by atoms with Crippen molar-refractivity contribution >= 4 is 16.7 Å². The molecule has 25 heavy (non-hydrogen) atoms. The van der Waals surface area contributed by atoms with Gasteiger partial charge in [0.2, 0.25) is 0 Å². The summed E-state index contributed by atoms with van der Waals surface area (Å²) in [5, 5.41) is 1.07. The molecule has 1 aliphatic heterocycles. The first-order chi connectivity index (χ1) is 11.9. The molecule has 1 aliphatic rings. The molecule has 134 valence electrons. The van der Waals surface area contributed by atoms with Crippen LogP contribution in [0.5, 0.6) is 0 Å². The molecule has 0 spiro atoms. The zero-order valence-electron chi connectivity index (χ0n) is 15.7. The molecule has 1 aromatic carbocycles. The highest BCUT2D eigenvalue weighted by Crippen LogP contribution is 2.33. The van der Waals surface area contributed by atoms with Gasteiger partial charge in [0.25, 0.3) is 0 Å². The summed E-state index contributed by atoms with van der Waals surface area (Å²) in [4.78, 5) is 13.0. The van der Waals surface area contributed by atoms with Gasteiger partial charge in [-0.25, -0.2) is 0 Å². The van der Waals surface area contributed by atoms with E-state index in [1.807, 2.05) is 13.0 Å². The Labute approximate surface area is 150 Å². The molecule has 0 unspecified atom stereocenters. The molecule has 3 nitrogen and oxygen atoms in total. The first kappa shape index (κ1) is 17.9. The van der Waals surface area contributed by atoms with Gasteiger partial charge >= 0.3 is 0 Å². The minimum absolute atomic E-state index is 0.180. The van der Waals surface area contributed by atoms with Crippen molar-refractivity contribution in [1.29, 1.82) is 0 Å². The highest BCUT2D eigenvalue weighted by atomic mass is 16.5. The van der Waals surface area contributed by atoms with E-state index in [1.165, 1.54) is 0 Å². The molecule has 0 N–H and O–H groups in total. The van der Waals surface area contributed by atoms with Crippen molar-refractivity contribution in [3.63, 3.8) is 0 Å². The van der Waals surface area contributed by atoms with Crippen LogP contribution >= 0.6 is 0 Å². The summed E-state index contributed by atoms with van der Waals surface area (Å²) in [6, 6.07) is 8.25. The Balaban J connectivity index is 1.90. The van der Waals surface area contributed by atoms with E-state index in [0.29, 0.717) is 12.3 Å². The second kappa shape index (κ2) is 7.17. The first-order valence-corrected chi connectivity index (χ1v) is 9.23. The highest BCUT2D eigenvalue weighted by Gasteiger charge is 2.26. The van der Waals surface area contributed by atoms with Gasteiger partial charge in [-0.1, -0.05) is 44.2 Å². The van der Waals surface area contributed by atoms with E-state index in [-0.39, 0.29) is 11.2 Å². The number of para-hydroxylation sites is 1. The SMILES string of the molecule is C=C(C)C(C)(C)CC(=O)c1cn(CC2CCOCC2)c2ccccc12. The molecule has 3 rings (SSSR count). The van der Waals surface area contributed by atoms with Gasteiger partial charge in [-0.2, -0.15) is 0 Å². The van der Waals surface area contributed by atoms with Crippen LogP contribution in [-0.4, -0.2) is 23.6 Å². The van der Waals surface area contributed by atoms with E-state index in [9.17, 15) is 4.79 Å². The van der Waals surface area contributed by atoms with Crippen LogP contribution in [-0.2, 0) is 11.3 Å². The Morgan fingerprint density at radius 1 is 1.28 bits per heavy atom. The summed E-state index contributed by atoms with van der Waals surface area (Å²) in [5.41, 5.74) is 2.87. The third kappa shape index (κ3) is 3.87. The summed E-state index contributed by atoms with van der Waals surface area (Å²) < 4.78 is 7.74. The minimum Gasteiger partial charge on any atom is -0.381 e. The fourth-order valence-electron chi connectivity index (χ4n) is 3.47. The number of benzene rings is 1. The molecule has 0 bridgehead atoms. The zero-order chi connectivity index (χ0) is 18.0. The third-order valence-electron chi connectivity index (χ3n) is 5.64. The number of carbonyl (C=O) groups is 1. The van der Waals surface area contributed by atoms with Crippen LogP contribution in [0.15, 0.2) is 42.6 Å². The topological polar surface area (TPSA) is 31.2 Å². The lowest BCUT2D eigenvalue weighted by atomic mass is 9.80. The van der Waals surface area contributed by atoms with Crippen LogP contribution in [0.2, 0.25) is 0 Å². The second-order valence-corrected chi connectivity index (χ2v) is 8.03. The Morgan fingerprint density at radius 2 is 1.96 bits per heavy atom. The molecule has 0 saturated carbocycles. The fourth-order valence-corrected chi connectivity index (χ4v) is 3.47. The minimum atomic E-state index is -0.180. The quantitative estimate of drug-likeness (QED) is 0.532. The normalized spacial score (nSPS) is 16.3. The summed E-state index contributed by atoms with van der Waals surface area (Å²) >= 11 is 0. The number of ether oxygens (including phenoxy) is 1. The maximum Gasteiger partial charge on any atom is 0.165 e. The molecule has 1 fully saturated rings. The van der Waals surface area contributed by atoms with Gasteiger partial charge in [-0.3, -0.25) is 4.79 Å². The van der Waals surface area contributed by atoms with Crippen molar-refractivity contribution in [2.45, 2.75) is 46.6 Å². The number of hydrogen-bond acceptors (Lipinski definition) is 2. The molecule has 0 radical (unpaired) electrons. The van der Waals surface area contributed by atoms with Gasteiger partial charge in [0, 0.05) is 48.8 Å². The number of hydrogen-bond donors (Lipinski definition) is 0. The Bertz CT molecular complexity index is 778. The Kier molecular flexibility index (Phi) is 5.14. The standard InChI is InChI=1S/C22H29NO2/c1-16(2)22(3,4)13-21(24)19-15-23(14-17-9-11-25-12-10-17)20-8-6-5-7-18(19)20/h5-8,15,17H,1,9-14H2,2-4H3. The van der Waals surface area contributed by atoms with Gasteiger partial charge in [0.05, 0.1) is 0 Å². The van der Waals surface area contributed by atoms with E-state index >= 15 is 0 Å². The van der Waals surface area contributed by atoms with Crippen molar-refractivity contribution in [3.05, 3.63) is 48.2 Å². The zero-order valence-corrected chi connectivity index (χ0v) is 15.7. The second-order valence-electron chi connectivity index (χ2n) is 8.03. The summed E-state index contributed by atoms with van der Waals surface area (Å²) in [6.45, 7) is 12.9. The third-order valence-corrected chi connectivity index (χ3v) is 5.64. The average Bonchev–Trinajstić information content (AvgIpc) is 2.94. The van der Waals surface area contributed by atoms with Crippen LogP contribution in [0.1, 0.15) is 50.4 Å². The summed E-state index contributed by atoms with van der Waals surface area (Å²) in [5.74, 6) is 0.828. The van der Waals surface area contributed by atoms with Crippen LogP contribution in [0, 0.1) is 11.3 Å². The van der Waals surface area contributed by atoms with Gasteiger partial charge in [-0.15, -0.1) is 0 Å². The monoisotopic (exact) mass is 339 g/mol. The number of Topliss-reactive ketones (excluding diaryl/α,β-unsaturated/α-hetero) is 1. The van der Waals surface area contributed by atoms with Crippen molar-refractivity contribution in [2.75, 3.05) is 13.2 Å². The molecule has 2 heterocycles. The van der Waals surface area contributed by atoms with Gasteiger partial charge in [0.15, 0.2) is 5.78 Å². The molecule has 1 aromatic heterocycles. The number of nitrogens with zero attached hydrogens (tertiary/aromatic N) is 1. The summed E-state index contributed by atoms with van der Waals surface area (Å²) in [6.07, 6.45) is 4.75. The number of rotatable bonds is 6. The van der Waals surface area contributed by atoms with E-state index in [1.54, 1.807) is 0 Å². The van der Waals surface area contributed by atoms with Gasteiger partial charge in [0.1, 0.15) is 0 Å². The van der Waals surface area contributed by atoms with Crippen LogP contribution < -0.4 is 0 Å². The largest absolute Gasteiger partial charge is 0.381 e. The number of allylic oxidation sites excluding steroid dienone is 1. The lowest BCUT2D eigenvalue weighted by molar-refractivity contribution is 0.0616. The van der Waals surface area contributed by atoms with Gasteiger partial charge < -0.3 is 9.30 Å². The number of ketones is 1. The molecule has 0 aliphatic carbocycles. The Morgan fingerprint density at radius 3 is 2.64 bits per heavy atom. The van der Waals surface area contributed by atoms with Crippen molar-refractivity contribution in [2.24, 2.45) is 11.3 Å². The maximum absolute atomic E-state index is 13.0. The average molecular weight is 339 g/mol. The Hall–Kier alpha value is -1.87. The lowest BCUT2D eigenvalue weighted by Crippen LogP contribution is -2.20. The molecule has 0 atom stereocenters. The summed E-state index contributed by atoms with van der Waals surface area (Å²) in [7, 11) is 0. The molecule has 3 heteroatoms. The predicted molar refractivity (Wildman–Crippen MR) is 103 cm³/mol. The number of fused-ring (bicyclic) bond motifs is 1. The first-order valence-electron chi connectivity index (χ1n) is 9.23. The number of carbonyl (C=O) groups excluding carboxylic acids is 1. The molecular weight excluding hydrogens is 310 g/mol. The molecule has 0 amide bonds. The number of aromatic nitrogens is 1. The van der Waals surface area contributed by atoms with Crippen molar-refractivity contribution < 1.29 is 9.53 Å². The molecule has 1 saturated heterocycles. The molecular formula is C22H29NO2. The highest BCUT2D eigenvalue weighted by molar-refractivity contribution is 6.08. The van der Waals surface area contributed by atoms with E-state index in [4.69, 9.17) is 4.74 Å². The van der Waals surface area contributed by atoms with E-state index < -0.39 is 0 Å². The predicted octanol–water partition coefficient (Wildman–Crippen LogP) is 5.24. The molecule has 2 aromatic rings. The van der Waals surface area contributed by atoms with Crippen molar-refractivity contribution in [3.8, 4) is 0 Å². The smallest absolute Gasteiger partial charge is 0.165 e. The van der Waals surface area contributed by atoms with Crippen LogP contribution in [0.4, 0.5) is 0 Å². The lowest BCUT2D eigenvalue weighted by Gasteiger charge is -2.24.